The Bertz CT molecular complexity index is 153. The standard InChI is InChI=1S/C6H8O2/c1-6-2-4(6)5(7)8-3-6/h4H,2-3H2,1H3/t4?,6-/m1/s1. The van der Waals surface area contributed by atoms with E-state index in [2.05, 4.69) is 6.92 Å². The Kier molecular flexibility index (Phi) is 0.504. The molecule has 2 heteroatoms. The fraction of sp³-hybridized carbons (Fsp3) is 0.833. The molecule has 8 heavy (non-hydrogen) atoms. The molecule has 44 valence electrons. The van der Waals surface area contributed by atoms with Crippen LogP contribution < -0.4 is 0 Å². The highest BCUT2D eigenvalue weighted by Gasteiger charge is 2.61. The van der Waals surface area contributed by atoms with E-state index in [4.69, 9.17) is 4.74 Å². The number of cyclic esters (lactones) is 1. The zero-order chi connectivity index (χ0) is 5.78. The minimum atomic E-state index is 0.0208. The van der Waals surface area contributed by atoms with Crippen LogP contribution in [0.1, 0.15) is 13.3 Å². The second-order valence-electron chi connectivity index (χ2n) is 3.02. The molecule has 1 heterocycles. The Morgan fingerprint density at radius 3 is 2.75 bits per heavy atom. The van der Waals surface area contributed by atoms with Crippen molar-refractivity contribution in [2.75, 3.05) is 6.61 Å². The van der Waals surface area contributed by atoms with Gasteiger partial charge < -0.3 is 4.74 Å². The summed E-state index contributed by atoms with van der Waals surface area (Å²) in [6.45, 7) is 2.76. The number of esters is 1. The molecule has 0 N–H and O–H groups in total. The third-order valence-electron chi connectivity index (χ3n) is 2.18. The lowest BCUT2D eigenvalue weighted by molar-refractivity contribution is -0.141. The number of fused-ring (bicyclic) bond motifs is 1. The first-order chi connectivity index (χ1) is 3.72. The highest BCUT2D eigenvalue weighted by atomic mass is 16.5. The zero-order valence-electron chi connectivity index (χ0n) is 4.81. The molecule has 0 aromatic heterocycles. The first-order valence-corrected chi connectivity index (χ1v) is 2.89. The average Bonchev–Trinajstić information content (AvgIpc) is 2.32. The van der Waals surface area contributed by atoms with Gasteiger partial charge in [0, 0.05) is 5.41 Å². The topological polar surface area (TPSA) is 26.3 Å². The van der Waals surface area contributed by atoms with E-state index in [9.17, 15) is 4.79 Å². The Morgan fingerprint density at radius 2 is 2.62 bits per heavy atom. The van der Waals surface area contributed by atoms with E-state index in [-0.39, 0.29) is 17.3 Å². The van der Waals surface area contributed by atoms with E-state index in [0.717, 1.165) is 6.42 Å². The van der Waals surface area contributed by atoms with Crippen molar-refractivity contribution in [2.24, 2.45) is 11.3 Å². The van der Waals surface area contributed by atoms with Gasteiger partial charge in [0.15, 0.2) is 0 Å². The van der Waals surface area contributed by atoms with Crippen LogP contribution in [0.3, 0.4) is 0 Å². The number of hydrogen-bond donors (Lipinski definition) is 0. The van der Waals surface area contributed by atoms with E-state index in [1.165, 1.54) is 0 Å². The zero-order valence-corrected chi connectivity index (χ0v) is 4.81. The second-order valence-corrected chi connectivity index (χ2v) is 3.02. The molecule has 0 aromatic carbocycles. The maximum absolute atomic E-state index is 10.6. The minimum absolute atomic E-state index is 0.0208. The highest BCUT2D eigenvalue weighted by Crippen LogP contribution is 2.56. The van der Waals surface area contributed by atoms with Gasteiger partial charge in [-0.25, -0.2) is 0 Å². The molecule has 1 saturated carbocycles. The van der Waals surface area contributed by atoms with Crippen LogP contribution in [0, 0.1) is 11.3 Å². The summed E-state index contributed by atoms with van der Waals surface area (Å²) in [5, 5.41) is 0. The molecule has 2 nitrogen and oxygen atoms in total. The lowest BCUT2D eigenvalue weighted by Gasteiger charge is -1.97. The first kappa shape index (κ1) is 4.36. The molecular formula is C6H8O2. The van der Waals surface area contributed by atoms with Gasteiger partial charge in [-0.05, 0) is 6.42 Å². The lowest BCUT2D eigenvalue weighted by atomic mass is 10.1. The normalized spacial score (nSPS) is 50.6. The fourth-order valence-electron chi connectivity index (χ4n) is 1.27. The van der Waals surface area contributed by atoms with Crippen molar-refractivity contribution >= 4 is 5.97 Å². The van der Waals surface area contributed by atoms with Crippen LogP contribution in [0.5, 0.6) is 0 Å². The van der Waals surface area contributed by atoms with Gasteiger partial charge in [-0.2, -0.15) is 0 Å². The summed E-state index contributed by atoms with van der Waals surface area (Å²) in [5.41, 5.74) is 0.261. The maximum Gasteiger partial charge on any atom is 0.309 e. The van der Waals surface area contributed by atoms with E-state index < -0.39 is 0 Å². The molecule has 1 aliphatic heterocycles. The van der Waals surface area contributed by atoms with Crippen molar-refractivity contribution < 1.29 is 9.53 Å². The fourth-order valence-corrected chi connectivity index (χ4v) is 1.27. The van der Waals surface area contributed by atoms with Gasteiger partial charge in [-0.3, -0.25) is 4.79 Å². The molecule has 0 spiro atoms. The van der Waals surface area contributed by atoms with Crippen LogP contribution in [0.2, 0.25) is 0 Å². The Morgan fingerprint density at radius 1 is 1.88 bits per heavy atom. The predicted molar refractivity (Wildman–Crippen MR) is 27.2 cm³/mol. The van der Waals surface area contributed by atoms with Crippen molar-refractivity contribution in [3.8, 4) is 0 Å². The molecule has 1 unspecified atom stereocenters. The smallest absolute Gasteiger partial charge is 0.309 e. The van der Waals surface area contributed by atoms with E-state index in [0.29, 0.717) is 6.61 Å². The van der Waals surface area contributed by atoms with Crippen molar-refractivity contribution in [1.82, 2.24) is 0 Å². The molecular weight excluding hydrogens is 104 g/mol. The van der Waals surface area contributed by atoms with Crippen molar-refractivity contribution in [3.63, 3.8) is 0 Å². The van der Waals surface area contributed by atoms with E-state index in [1.54, 1.807) is 0 Å². The van der Waals surface area contributed by atoms with Crippen LogP contribution in [-0.2, 0) is 9.53 Å². The van der Waals surface area contributed by atoms with E-state index in [1.807, 2.05) is 0 Å². The van der Waals surface area contributed by atoms with Gasteiger partial charge in [0.05, 0.1) is 12.5 Å². The first-order valence-electron chi connectivity index (χ1n) is 2.89. The highest BCUT2D eigenvalue weighted by molar-refractivity contribution is 5.79. The van der Waals surface area contributed by atoms with Crippen LogP contribution >= 0.6 is 0 Å². The van der Waals surface area contributed by atoms with Gasteiger partial charge in [0.1, 0.15) is 0 Å². The summed E-state index contributed by atoms with van der Waals surface area (Å²) in [5.74, 6) is 0.287. The summed E-state index contributed by atoms with van der Waals surface area (Å²) in [7, 11) is 0. The summed E-state index contributed by atoms with van der Waals surface area (Å²) in [4.78, 5) is 10.6. The summed E-state index contributed by atoms with van der Waals surface area (Å²) in [6.07, 6.45) is 1.06. The van der Waals surface area contributed by atoms with Crippen LogP contribution in [0.25, 0.3) is 0 Å². The monoisotopic (exact) mass is 112 g/mol. The van der Waals surface area contributed by atoms with Gasteiger partial charge >= 0.3 is 5.97 Å². The van der Waals surface area contributed by atoms with Crippen molar-refractivity contribution in [1.29, 1.82) is 0 Å². The summed E-state index contributed by atoms with van der Waals surface area (Å²) >= 11 is 0. The maximum atomic E-state index is 10.6. The second kappa shape index (κ2) is 0.925. The minimum Gasteiger partial charge on any atom is -0.465 e. The number of hydrogen-bond acceptors (Lipinski definition) is 2. The Hall–Kier alpha value is -0.530. The van der Waals surface area contributed by atoms with Gasteiger partial charge in [-0.1, -0.05) is 6.92 Å². The number of rotatable bonds is 0. The molecule has 2 aliphatic rings. The van der Waals surface area contributed by atoms with E-state index >= 15 is 0 Å². The van der Waals surface area contributed by atoms with Crippen LogP contribution in [-0.4, -0.2) is 12.6 Å². The van der Waals surface area contributed by atoms with Crippen LogP contribution in [0.4, 0.5) is 0 Å². The number of ether oxygens (including phenoxy) is 1. The molecule has 1 saturated heterocycles. The predicted octanol–water partition coefficient (Wildman–Crippen LogP) is 0.569. The largest absolute Gasteiger partial charge is 0.465 e. The molecule has 0 bridgehead atoms. The average molecular weight is 112 g/mol. The quantitative estimate of drug-likeness (QED) is 0.428. The van der Waals surface area contributed by atoms with Crippen molar-refractivity contribution in [3.05, 3.63) is 0 Å². The summed E-state index contributed by atoms with van der Waals surface area (Å²) in [6, 6.07) is 0. The SMILES string of the molecule is C[C@@]12COC(=O)C1C2. The number of carbonyl (C=O) groups excluding carboxylic acids is 1. The third-order valence-corrected chi connectivity index (χ3v) is 2.18. The Labute approximate surface area is 47.8 Å². The van der Waals surface area contributed by atoms with Gasteiger partial charge in [0.2, 0.25) is 0 Å². The molecule has 2 atom stereocenters. The molecule has 0 amide bonds. The molecule has 0 radical (unpaired) electrons. The molecule has 0 aromatic rings. The number of carbonyl (C=O) groups is 1. The Balaban J connectivity index is 2.26. The van der Waals surface area contributed by atoms with Crippen LogP contribution in [0.15, 0.2) is 0 Å². The molecule has 2 fully saturated rings. The van der Waals surface area contributed by atoms with Crippen molar-refractivity contribution in [2.45, 2.75) is 13.3 Å². The molecule has 1 aliphatic carbocycles. The third kappa shape index (κ3) is 0.320. The molecule has 2 rings (SSSR count). The van der Waals surface area contributed by atoms with Gasteiger partial charge in [0.25, 0.3) is 0 Å². The summed E-state index contributed by atoms with van der Waals surface area (Å²) < 4.78 is 4.78. The lowest BCUT2D eigenvalue weighted by Crippen LogP contribution is -1.99. The van der Waals surface area contributed by atoms with Gasteiger partial charge in [-0.15, -0.1) is 0 Å².